The molecule has 0 aromatic carbocycles. The highest BCUT2D eigenvalue weighted by atomic mass is 14.8. The van der Waals surface area contributed by atoms with Gasteiger partial charge in [0.25, 0.3) is 0 Å². The molecule has 1 aliphatic carbocycles. The second-order valence-corrected chi connectivity index (χ2v) is 2.78. The first-order valence-corrected chi connectivity index (χ1v) is 3.74. The van der Waals surface area contributed by atoms with Crippen molar-refractivity contribution in [3.63, 3.8) is 0 Å². The van der Waals surface area contributed by atoms with Crippen LogP contribution in [0.15, 0.2) is 40.7 Å². The zero-order valence-corrected chi connectivity index (χ0v) is 6.20. The molecule has 2 nitrogen and oxygen atoms in total. The number of aliphatic imine (C=N–C) groups is 1. The summed E-state index contributed by atoms with van der Waals surface area (Å²) in [6, 6.07) is 0. The Kier molecular flexibility index (Phi) is 1.39. The van der Waals surface area contributed by atoms with Gasteiger partial charge in [-0.15, -0.1) is 0 Å². The fourth-order valence-electron chi connectivity index (χ4n) is 1.34. The topological polar surface area (TPSA) is 38.4 Å². The molecule has 0 aromatic rings. The first-order valence-electron chi connectivity index (χ1n) is 3.74. The Balaban J connectivity index is 2.33. The van der Waals surface area contributed by atoms with Crippen LogP contribution in [0.1, 0.15) is 6.42 Å². The third kappa shape index (κ3) is 1.11. The molecule has 0 amide bonds. The lowest BCUT2D eigenvalue weighted by molar-refractivity contribution is 0.742. The van der Waals surface area contributed by atoms with Crippen LogP contribution in [0.5, 0.6) is 0 Å². The van der Waals surface area contributed by atoms with Crippen LogP contribution in [0.3, 0.4) is 0 Å². The number of nitrogens with two attached hydrogens (primary N) is 1. The molecule has 1 aliphatic heterocycles. The molecule has 0 bridgehead atoms. The first kappa shape index (κ1) is 6.40. The van der Waals surface area contributed by atoms with E-state index in [1.54, 1.807) is 6.21 Å². The van der Waals surface area contributed by atoms with E-state index in [1.807, 2.05) is 18.2 Å². The van der Waals surface area contributed by atoms with Gasteiger partial charge in [-0.25, -0.2) is 0 Å². The zero-order chi connectivity index (χ0) is 7.68. The smallest absolute Gasteiger partial charge is 0.0495 e. The van der Waals surface area contributed by atoms with E-state index in [0.717, 1.165) is 17.8 Å². The van der Waals surface area contributed by atoms with E-state index in [9.17, 15) is 0 Å². The number of fused-ring (bicyclic) bond motifs is 1. The summed E-state index contributed by atoms with van der Waals surface area (Å²) < 4.78 is 0. The van der Waals surface area contributed by atoms with Gasteiger partial charge in [-0.05, 0) is 18.6 Å². The van der Waals surface area contributed by atoms with Crippen LogP contribution >= 0.6 is 0 Å². The second kappa shape index (κ2) is 2.38. The summed E-state index contributed by atoms with van der Waals surface area (Å²) in [6.07, 6.45) is 10.9. The van der Waals surface area contributed by atoms with Gasteiger partial charge in [-0.1, -0.05) is 12.2 Å². The fraction of sp³-hybridized carbons (Fsp3) is 0.222. The quantitative estimate of drug-likeness (QED) is 0.550. The molecule has 2 rings (SSSR count). The molecular weight excluding hydrogens is 136 g/mol. The fourth-order valence-corrected chi connectivity index (χ4v) is 1.34. The monoisotopic (exact) mass is 146 g/mol. The first-order chi connectivity index (χ1) is 5.36. The lowest BCUT2D eigenvalue weighted by Crippen LogP contribution is -2.09. The number of hydrogen-bond acceptors (Lipinski definition) is 2. The minimum Gasteiger partial charge on any atom is -0.399 e. The summed E-state index contributed by atoms with van der Waals surface area (Å²) in [5, 5.41) is 0. The molecule has 1 atom stereocenters. The molecule has 0 saturated carbocycles. The van der Waals surface area contributed by atoms with Gasteiger partial charge in [0.1, 0.15) is 0 Å². The molecule has 2 aliphatic rings. The van der Waals surface area contributed by atoms with Crippen molar-refractivity contribution < 1.29 is 0 Å². The predicted molar refractivity (Wildman–Crippen MR) is 46.1 cm³/mol. The lowest BCUT2D eigenvalue weighted by Gasteiger charge is -2.17. The zero-order valence-electron chi connectivity index (χ0n) is 6.20. The summed E-state index contributed by atoms with van der Waals surface area (Å²) >= 11 is 0. The van der Waals surface area contributed by atoms with Gasteiger partial charge in [0.2, 0.25) is 0 Å². The van der Waals surface area contributed by atoms with Gasteiger partial charge >= 0.3 is 0 Å². The van der Waals surface area contributed by atoms with E-state index in [0.29, 0.717) is 5.92 Å². The maximum Gasteiger partial charge on any atom is 0.0495 e. The Bertz CT molecular complexity index is 282. The van der Waals surface area contributed by atoms with Crippen LogP contribution in [-0.4, -0.2) is 6.21 Å². The van der Waals surface area contributed by atoms with Crippen molar-refractivity contribution in [2.45, 2.75) is 6.42 Å². The average molecular weight is 146 g/mol. The normalized spacial score (nSPS) is 27.5. The van der Waals surface area contributed by atoms with Crippen LogP contribution in [0.2, 0.25) is 0 Å². The molecule has 0 aromatic heterocycles. The van der Waals surface area contributed by atoms with Crippen molar-refractivity contribution in [3.05, 3.63) is 35.7 Å². The van der Waals surface area contributed by atoms with E-state index in [2.05, 4.69) is 11.1 Å². The molecule has 1 heterocycles. The SMILES string of the molecule is NC1=CCC2C=CC=NC2=C1. The molecule has 0 spiro atoms. The molecule has 2 heteroatoms. The molecule has 1 unspecified atom stereocenters. The highest BCUT2D eigenvalue weighted by Gasteiger charge is 2.14. The Labute approximate surface area is 65.8 Å². The van der Waals surface area contributed by atoms with E-state index >= 15 is 0 Å². The van der Waals surface area contributed by atoms with Crippen LogP contribution in [0.4, 0.5) is 0 Å². The van der Waals surface area contributed by atoms with Gasteiger partial charge in [0.05, 0.1) is 0 Å². The van der Waals surface area contributed by atoms with Crippen LogP contribution in [-0.2, 0) is 0 Å². The van der Waals surface area contributed by atoms with Gasteiger partial charge in [0, 0.05) is 23.5 Å². The molecular formula is C9H10N2. The highest BCUT2D eigenvalue weighted by molar-refractivity contribution is 5.74. The van der Waals surface area contributed by atoms with Crippen LogP contribution < -0.4 is 5.73 Å². The third-order valence-corrected chi connectivity index (χ3v) is 1.96. The Morgan fingerprint density at radius 3 is 3.36 bits per heavy atom. The number of hydrogen-bond donors (Lipinski definition) is 1. The van der Waals surface area contributed by atoms with Gasteiger partial charge in [0.15, 0.2) is 0 Å². The Morgan fingerprint density at radius 2 is 2.45 bits per heavy atom. The van der Waals surface area contributed by atoms with E-state index in [-0.39, 0.29) is 0 Å². The highest BCUT2D eigenvalue weighted by Crippen LogP contribution is 2.25. The van der Waals surface area contributed by atoms with Gasteiger partial charge in [-0.2, -0.15) is 0 Å². The maximum absolute atomic E-state index is 5.63. The number of rotatable bonds is 0. The minimum atomic E-state index is 0.465. The summed E-state index contributed by atoms with van der Waals surface area (Å²) in [7, 11) is 0. The summed E-state index contributed by atoms with van der Waals surface area (Å²) in [5.74, 6) is 0.465. The van der Waals surface area contributed by atoms with Crippen molar-refractivity contribution >= 4 is 6.21 Å². The Hall–Kier alpha value is -1.31. The van der Waals surface area contributed by atoms with E-state index in [4.69, 9.17) is 5.73 Å². The van der Waals surface area contributed by atoms with Crippen molar-refractivity contribution in [1.82, 2.24) is 0 Å². The summed E-state index contributed by atoms with van der Waals surface area (Å²) in [5.41, 5.74) is 7.56. The number of allylic oxidation sites excluding steroid dienone is 4. The standard InChI is InChI=1S/C9H10N2/c10-8-4-3-7-2-1-5-11-9(7)6-8/h1-2,4-7H,3,10H2. The van der Waals surface area contributed by atoms with E-state index < -0.39 is 0 Å². The number of nitrogens with zero attached hydrogens (tertiary/aromatic N) is 1. The van der Waals surface area contributed by atoms with Crippen LogP contribution in [0, 0.1) is 5.92 Å². The molecule has 0 radical (unpaired) electrons. The summed E-state index contributed by atoms with van der Waals surface area (Å²) in [6.45, 7) is 0. The largest absolute Gasteiger partial charge is 0.399 e. The molecule has 0 saturated heterocycles. The molecule has 56 valence electrons. The Morgan fingerprint density at radius 1 is 1.55 bits per heavy atom. The van der Waals surface area contributed by atoms with Gasteiger partial charge < -0.3 is 5.73 Å². The molecule has 11 heavy (non-hydrogen) atoms. The lowest BCUT2D eigenvalue weighted by atomic mass is 9.94. The third-order valence-electron chi connectivity index (χ3n) is 1.96. The second-order valence-electron chi connectivity index (χ2n) is 2.78. The van der Waals surface area contributed by atoms with Crippen molar-refractivity contribution in [2.24, 2.45) is 16.6 Å². The predicted octanol–water partition coefficient (Wildman–Crippen LogP) is 1.37. The van der Waals surface area contributed by atoms with Crippen molar-refractivity contribution in [3.8, 4) is 0 Å². The molecule has 0 fully saturated rings. The minimum absolute atomic E-state index is 0.465. The van der Waals surface area contributed by atoms with Crippen molar-refractivity contribution in [2.75, 3.05) is 0 Å². The van der Waals surface area contributed by atoms with Gasteiger partial charge in [-0.3, -0.25) is 4.99 Å². The average Bonchev–Trinajstić information content (AvgIpc) is 2.04. The number of dihydropyridines is 1. The van der Waals surface area contributed by atoms with E-state index in [1.165, 1.54) is 0 Å². The maximum atomic E-state index is 5.63. The van der Waals surface area contributed by atoms with Crippen molar-refractivity contribution in [1.29, 1.82) is 0 Å². The summed E-state index contributed by atoms with van der Waals surface area (Å²) in [4.78, 5) is 4.23. The van der Waals surface area contributed by atoms with Crippen LogP contribution in [0.25, 0.3) is 0 Å². The molecule has 2 N–H and O–H groups in total.